The summed E-state index contributed by atoms with van der Waals surface area (Å²) >= 11 is 5.85. The number of aromatic nitrogens is 3. The van der Waals surface area contributed by atoms with Gasteiger partial charge in [-0.05, 0) is 12.1 Å². The predicted octanol–water partition coefficient (Wildman–Crippen LogP) is 2.18. The SMILES string of the molecule is Clc1nccnc1NCCc1ccccn1. The summed E-state index contributed by atoms with van der Waals surface area (Å²) in [5.74, 6) is 0.611. The van der Waals surface area contributed by atoms with E-state index in [1.165, 1.54) is 0 Å². The van der Waals surface area contributed by atoms with E-state index in [1.54, 1.807) is 18.6 Å². The molecule has 1 N–H and O–H groups in total. The first-order valence-corrected chi connectivity index (χ1v) is 5.34. The first kappa shape index (κ1) is 10.8. The van der Waals surface area contributed by atoms with Crippen molar-refractivity contribution in [2.24, 2.45) is 0 Å². The molecule has 0 bridgehead atoms. The van der Waals surface area contributed by atoms with Crippen LogP contribution in [0.3, 0.4) is 0 Å². The maximum absolute atomic E-state index is 5.85. The molecule has 0 radical (unpaired) electrons. The van der Waals surface area contributed by atoms with Crippen molar-refractivity contribution in [1.29, 1.82) is 0 Å². The fourth-order valence-corrected chi connectivity index (χ4v) is 1.47. The van der Waals surface area contributed by atoms with E-state index in [0.717, 1.165) is 18.7 Å². The molecule has 2 rings (SSSR count). The third-order valence-corrected chi connectivity index (χ3v) is 2.33. The lowest BCUT2D eigenvalue weighted by Gasteiger charge is -2.05. The standard InChI is InChI=1S/C11H11ClN4/c12-10-11(16-8-7-14-10)15-6-4-9-3-1-2-5-13-9/h1-3,5,7-8H,4,6H2,(H,15,16). The van der Waals surface area contributed by atoms with E-state index in [1.807, 2.05) is 18.2 Å². The van der Waals surface area contributed by atoms with Crippen LogP contribution in [0.15, 0.2) is 36.8 Å². The van der Waals surface area contributed by atoms with Crippen LogP contribution in [0.1, 0.15) is 5.69 Å². The average Bonchev–Trinajstić information content (AvgIpc) is 2.33. The molecular weight excluding hydrogens is 224 g/mol. The highest BCUT2D eigenvalue weighted by Gasteiger charge is 2.00. The maximum atomic E-state index is 5.85. The Bertz CT molecular complexity index is 447. The zero-order valence-electron chi connectivity index (χ0n) is 8.60. The summed E-state index contributed by atoms with van der Waals surface area (Å²) in [6.07, 6.45) is 5.78. The van der Waals surface area contributed by atoms with Gasteiger partial charge in [0.2, 0.25) is 0 Å². The van der Waals surface area contributed by atoms with Crippen molar-refractivity contribution in [2.75, 3.05) is 11.9 Å². The largest absolute Gasteiger partial charge is 0.367 e. The highest BCUT2D eigenvalue weighted by Crippen LogP contribution is 2.13. The summed E-state index contributed by atoms with van der Waals surface area (Å²) in [4.78, 5) is 12.2. The fraction of sp³-hybridized carbons (Fsp3) is 0.182. The van der Waals surface area contributed by atoms with Crippen LogP contribution in [-0.4, -0.2) is 21.5 Å². The van der Waals surface area contributed by atoms with Crippen molar-refractivity contribution in [3.63, 3.8) is 0 Å². The monoisotopic (exact) mass is 234 g/mol. The van der Waals surface area contributed by atoms with Crippen molar-refractivity contribution in [3.8, 4) is 0 Å². The summed E-state index contributed by atoms with van der Waals surface area (Å²) in [7, 11) is 0. The van der Waals surface area contributed by atoms with Gasteiger partial charge >= 0.3 is 0 Å². The van der Waals surface area contributed by atoms with Crippen LogP contribution in [0.2, 0.25) is 5.15 Å². The molecule has 2 heterocycles. The molecule has 2 aromatic heterocycles. The molecule has 5 heteroatoms. The third-order valence-electron chi connectivity index (χ3n) is 2.05. The first-order chi connectivity index (χ1) is 7.86. The van der Waals surface area contributed by atoms with Crippen LogP contribution in [0.25, 0.3) is 0 Å². The van der Waals surface area contributed by atoms with E-state index in [2.05, 4.69) is 20.3 Å². The summed E-state index contributed by atoms with van der Waals surface area (Å²) in [6.45, 7) is 0.732. The molecule has 0 aromatic carbocycles. The summed E-state index contributed by atoms with van der Waals surface area (Å²) < 4.78 is 0. The molecule has 0 atom stereocenters. The van der Waals surface area contributed by atoms with Crippen LogP contribution >= 0.6 is 11.6 Å². The second kappa shape index (κ2) is 5.42. The molecule has 4 nitrogen and oxygen atoms in total. The Morgan fingerprint density at radius 3 is 2.69 bits per heavy atom. The highest BCUT2D eigenvalue weighted by molar-refractivity contribution is 6.31. The molecule has 0 spiro atoms. The quantitative estimate of drug-likeness (QED) is 0.881. The lowest BCUT2D eigenvalue weighted by molar-refractivity contribution is 0.951. The molecular formula is C11H11ClN4. The molecule has 0 unspecified atom stereocenters. The summed E-state index contributed by atoms with van der Waals surface area (Å²) in [5.41, 5.74) is 1.04. The van der Waals surface area contributed by atoms with E-state index < -0.39 is 0 Å². The first-order valence-electron chi connectivity index (χ1n) is 4.96. The molecule has 0 saturated heterocycles. The van der Waals surface area contributed by atoms with E-state index in [9.17, 15) is 0 Å². The predicted molar refractivity (Wildman–Crippen MR) is 63.5 cm³/mol. The molecule has 82 valence electrons. The van der Waals surface area contributed by atoms with Crippen LogP contribution < -0.4 is 5.32 Å². The van der Waals surface area contributed by atoms with Gasteiger partial charge in [0.25, 0.3) is 0 Å². The molecule has 0 saturated carbocycles. The summed E-state index contributed by atoms with van der Waals surface area (Å²) in [6, 6.07) is 5.86. The number of halogens is 1. The van der Waals surface area contributed by atoms with E-state index in [4.69, 9.17) is 11.6 Å². The van der Waals surface area contributed by atoms with Gasteiger partial charge in [-0.2, -0.15) is 0 Å². The highest BCUT2D eigenvalue weighted by atomic mass is 35.5. The second-order valence-electron chi connectivity index (χ2n) is 3.19. The Hall–Kier alpha value is -1.68. The van der Waals surface area contributed by atoms with Crippen LogP contribution in [0, 0.1) is 0 Å². The number of hydrogen-bond donors (Lipinski definition) is 1. The van der Waals surface area contributed by atoms with Gasteiger partial charge < -0.3 is 5.32 Å². The van der Waals surface area contributed by atoms with Gasteiger partial charge in [0, 0.05) is 37.3 Å². The topological polar surface area (TPSA) is 50.7 Å². The van der Waals surface area contributed by atoms with Gasteiger partial charge in [-0.1, -0.05) is 17.7 Å². The molecule has 2 aromatic rings. The number of hydrogen-bond acceptors (Lipinski definition) is 4. The molecule has 0 aliphatic rings. The van der Waals surface area contributed by atoms with Crippen molar-refractivity contribution in [1.82, 2.24) is 15.0 Å². The Morgan fingerprint density at radius 2 is 1.94 bits per heavy atom. The fourth-order valence-electron chi connectivity index (χ4n) is 1.29. The smallest absolute Gasteiger partial charge is 0.171 e. The molecule has 16 heavy (non-hydrogen) atoms. The number of anilines is 1. The van der Waals surface area contributed by atoms with Crippen molar-refractivity contribution >= 4 is 17.4 Å². The van der Waals surface area contributed by atoms with Gasteiger partial charge in [0.05, 0.1) is 0 Å². The number of rotatable bonds is 4. The van der Waals surface area contributed by atoms with E-state index in [0.29, 0.717) is 11.0 Å². The van der Waals surface area contributed by atoms with Gasteiger partial charge in [-0.3, -0.25) is 4.98 Å². The minimum atomic E-state index is 0.392. The maximum Gasteiger partial charge on any atom is 0.171 e. The van der Waals surface area contributed by atoms with Crippen LogP contribution in [0.4, 0.5) is 5.82 Å². The Kier molecular flexibility index (Phi) is 3.66. The molecule has 0 aliphatic heterocycles. The lowest BCUT2D eigenvalue weighted by Crippen LogP contribution is -2.07. The Morgan fingerprint density at radius 1 is 1.06 bits per heavy atom. The Labute approximate surface area is 98.7 Å². The van der Waals surface area contributed by atoms with E-state index >= 15 is 0 Å². The number of nitrogens with zero attached hydrogens (tertiary/aromatic N) is 3. The minimum Gasteiger partial charge on any atom is -0.367 e. The van der Waals surface area contributed by atoms with Crippen molar-refractivity contribution < 1.29 is 0 Å². The molecule has 0 amide bonds. The molecule has 0 aliphatic carbocycles. The Balaban J connectivity index is 1.87. The zero-order chi connectivity index (χ0) is 11.2. The van der Waals surface area contributed by atoms with Crippen molar-refractivity contribution in [2.45, 2.75) is 6.42 Å². The van der Waals surface area contributed by atoms with Gasteiger partial charge in [0.15, 0.2) is 11.0 Å². The minimum absolute atomic E-state index is 0.392. The average molecular weight is 235 g/mol. The number of nitrogens with one attached hydrogen (secondary N) is 1. The van der Waals surface area contributed by atoms with Crippen molar-refractivity contribution in [3.05, 3.63) is 47.6 Å². The van der Waals surface area contributed by atoms with Crippen LogP contribution in [0.5, 0.6) is 0 Å². The zero-order valence-corrected chi connectivity index (χ0v) is 9.35. The van der Waals surface area contributed by atoms with Gasteiger partial charge in [0.1, 0.15) is 0 Å². The third kappa shape index (κ3) is 2.90. The number of pyridine rings is 1. The van der Waals surface area contributed by atoms with Crippen LogP contribution in [-0.2, 0) is 6.42 Å². The second-order valence-corrected chi connectivity index (χ2v) is 3.55. The normalized spacial score (nSPS) is 10.1. The molecule has 0 fully saturated rings. The van der Waals surface area contributed by atoms with E-state index in [-0.39, 0.29) is 0 Å². The van der Waals surface area contributed by atoms with Gasteiger partial charge in [-0.15, -0.1) is 0 Å². The lowest BCUT2D eigenvalue weighted by atomic mass is 10.3. The van der Waals surface area contributed by atoms with Gasteiger partial charge in [-0.25, -0.2) is 9.97 Å². The summed E-state index contributed by atoms with van der Waals surface area (Å²) in [5, 5.41) is 3.51.